The highest BCUT2D eigenvalue weighted by atomic mass is 32.2. The Hall–Kier alpha value is -2.60. The summed E-state index contributed by atoms with van der Waals surface area (Å²) in [6, 6.07) is 15.7. The first kappa shape index (κ1) is 18.2. The molecule has 3 aromatic rings. The van der Waals surface area contributed by atoms with Gasteiger partial charge in [-0.05, 0) is 30.7 Å². The third-order valence-electron chi connectivity index (χ3n) is 3.63. The lowest BCUT2D eigenvalue weighted by Crippen LogP contribution is -2.12. The van der Waals surface area contributed by atoms with E-state index in [2.05, 4.69) is 29.4 Å². The van der Waals surface area contributed by atoms with E-state index < -0.39 is 0 Å². The van der Waals surface area contributed by atoms with Crippen molar-refractivity contribution in [2.45, 2.75) is 37.3 Å². The number of hydrogen-bond acceptors (Lipinski definition) is 5. The van der Waals surface area contributed by atoms with Gasteiger partial charge in [-0.15, -0.1) is 16.9 Å². The van der Waals surface area contributed by atoms with Gasteiger partial charge in [0.2, 0.25) is 5.89 Å². The molecule has 26 heavy (non-hydrogen) atoms. The molecule has 0 atom stereocenters. The van der Waals surface area contributed by atoms with Gasteiger partial charge < -0.3 is 4.42 Å². The molecule has 0 bridgehead atoms. The molecule has 0 aliphatic heterocycles. The van der Waals surface area contributed by atoms with E-state index in [0.717, 1.165) is 10.5 Å². The van der Waals surface area contributed by atoms with Crippen LogP contribution in [-0.4, -0.2) is 21.4 Å². The lowest BCUT2D eigenvalue weighted by atomic mass is 10.1. The number of nitrogens with one attached hydrogen (secondary N) is 1. The first-order valence-electron chi connectivity index (χ1n) is 8.45. The Labute approximate surface area is 157 Å². The van der Waals surface area contributed by atoms with Crippen LogP contribution in [0.3, 0.4) is 0 Å². The topological polar surface area (TPSA) is 68.0 Å². The minimum Gasteiger partial charge on any atom is -0.407 e. The van der Waals surface area contributed by atoms with Crippen molar-refractivity contribution < 1.29 is 9.21 Å². The van der Waals surface area contributed by atoms with E-state index in [4.69, 9.17) is 4.42 Å². The molecule has 1 N–H and O–H groups in total. The maximum atomic E-state index is 12.4. The highest BCUT2D eigenvalue weighted by Crippen LogP contribution is 2.24. The van der Waals surface area contributed by atoms with Crippen LogP contribution in [-0.2, 0) is 6.42 Å². The van der Waals surface area contributed by atoms with Crippen molar-refractivity contribution in [2.24, 2.45) is 0 Å². The van der Waals surface area contributed by atoms with Gasteiger partial charge in [-0.3, -0.25) is 10.1 Å². The lowest BCUT2D eigenvalue weighted by Gasteiger charge is -2.06. The van der Waals surface area contributed by atoms with E-state index in [1.54, 1.807) is 17.8 Å². The normalized spacial score (nSPS) is 10.9. The Morgan fingerprint density at radius 1 is 1.15 bits per heavy atom. The molecule has 0 saturated heterocycles. The lowest BCUT2D eigenvalue weighted by molar-refractivity contribution is 0.102. The smallest absolute Gasteiger partial charge is 0.322 e. The summed E-state index contributed by atoms with van der Waals surface area (Å²) in [6.07, 6.45) is 0.531. The van der Waals surface area contributed by atoms with Crippen LogP contribution in [0.1, 0.15) is 41.2 Å². The maximum absolute atomic E-state index is 12.4. The molecule has 2 aromatic carbocycles. The van der Waals surface area contributed by atoms with Crippen molar-refractivity contribution in [1.29, 1.82) is 0 Å². The minimum absolute atomic E-state index is 0.110. The average Bonchev–Trinajstić information content (AvgIpc) is 3.03. The van der Waals surface area contributed by atoms with Crippen molar-refractivity contribution >= 4 is 23.7 Å². The van der Waals surface area contributed by atoms with Gasteiger partial charge in [0, 0.05) is 15.7 Å². The molecule has 0 spiro atoms. The molecule has 5 nitrogen and oxygen atoms in total. The van der Waals surface area contributed by atoms with Crippen molar-refractivity contribution in [2.75, 3.05) is 5.32 Å². The predicted molar refractivity (Wildman–Crippen MR) is 104 cm³/mol. The number of carbonyl (C=O) groups excluding carboxylic acids is 1. The highest BCUT2D eigenvalue weighted by molar-refractivity contribution is 7.99. The van der Waals surface area contributed by atoms with Crippen LogP contribution in [0.2, 0.25) is 0 Å². The van der Waals surface area contributed by atoms with Crippen molar-refractivity contribution in [1.82, 2.24) is 10.2 Å². The fourth-order valence-corrected chi connectivity index (χ4v) is 3.30. The summed E-state index contributed by atoms with van der Waals surface area (Å²) in [7, 11) is 0. The van der Waals surface area contributed by atoms with Crippen LogP contribution in [0.4, 0.5) is 6.01 Å². The Bertz CT molecular complexity index is 888. The summed E-state index contributed by atoms with van der Waals surface area (Å²) < 4.78 is 5.55. The van der Waals surface area contributed by atoms with Gasteiger partial charge >= 0.3 is 6.01 Å². The van der Waals surface area contributed by atoms with Crippen molar-refractivity contribution in [3.63, 3.8) is 0 Å². The van der Waals surface area contributed by atoms with Crippen molar-refractivity contribution in [3.05, 3.63) is 71.1 Å². The molecule has 1 heterocycles. The summed E-state index contributed by atoms with van der Waals surface area (Å²) in [5.74, 6) is 0.204. The van der Waals surface area contributed by atoms with E-state index in [9.17, 15) is 4.79 Å². The summed E-state index contributed by atoms with van der Waals surface area (Å²) in [6.45, 7) is 6.27. The van der Waals surface area contributed by atoms with Crippen LogP contribution >= 0.6 is 11.8 Å². The molecule has 0 aliphatic rings. The molecule has 0 aliphatic carbocycles. The van der Waals surface area contributed by atoms with Gasteiger partial charge in [-0.1, -0.05) is 54.8 Å². The third-order valence-corrected chi connectivity index (χ3v) is 4.63. The molecule has 3 rings (SSSR count). The monoisotopic (exact) mass is 367 g/mol. The van der Waals surface area contributed by atoms with Gasteiger partial charge in [0.15, 0.2) is 0 Å². The van der Waals surface area contributed by atoms with Crippen LogP contribution in [0.5, 0.6) is 0 Å². The van der Waals surface area contributed by atoms with Crippen LogP contribution in [0.15, 0.2) is 57.8 Å². The van der Waals surface area contributed by atoms with Crippen molar-refractivity contribution in [3.8, 4) is 0 Å². The first-order valence-corrected chi connectivity index (χ1v) is 9.33. The number of carbonyl (C=O) groups is 1. The van der Waals surface area contributed by atoms with E-state index in [1.165, 1.54) is 5.56 Å². The zero-order chi connectivity index (χ0) is 18.5. The molecular weight excluding hydrogens is 346 g/mol. The number of hydrogen-bond donors (Lipinski definition) is 1. The molecule has 0 saturated carbocycles. The summed E-state index contributed by atoms with van der Waals surface area (Å²) in [4.78, 5) is 13.5. The number of anilines is 1. The number of aromatic nitrogens is 2. The molecule has 1 amide bonds. The largest absolute Gasteiger partial charge is 0.407 e. The predicted octanol–water partition coefficient (Wildman–Crippen LogP) is 4.72. The number of rotatable bonds is 6. The summed E-state index contributed by atoms with van der Waals surface area (Å²) in [5.41, 5.74) is 2.84. The maximum Gasteiger partial charge on any atom is 0.322 e. The zero-order valence-electron chi connectivity index (χ0n) is 15.0. The van der Waals surface area contributed by atoms with Gasteiger partial charge in [0.25, 0.3) is 5.91 Å². The molecule has 134 valence electrons. The van der Waals surface area contributed by atoms with E-state index >= 15 is 0 Å². The van der Waals surface area contributed by atoms with E-state index in [0.29, 0.717) is 23.1 Å². The molecular formula is C20H21N3O2S. The minimum atomic E-state index is -0.262. The molecule has 0 radical (unpaired) electrons. The zero-order valence-corrected chi connectivity index (χ0v) is 15.8. The van der Waals surface area contributed by atoms with Gasteiger partial charge in [0.05, 0.1) is 6.42 Å². The molecule has 1 aromatic heterocycles. The number of benzene rings is 2. The molecule has 0 unspecified atom stereocenters. The second-order valence-electron chi connectivity index (χ2n) is 6.31. The Kier molecular flexibility index (Phi) is 5.73. The first-order chi connectivity index (χ1) is 12.5. The van der Waals surface area contributed by atoms with Gasteiger partial charge in [-0.2, -0.15) is 0 Å². The summed E-state index contributed by atoms with van der Waals surface area (Å²) >= 11 is 1.71. The quantitative estimate of drug-likeness (QED) is 0.638. The van der Waals surface area contributed by atoms with Gasteiger partial charge in [0.1, 0.15) is 0 Å². The van der Waals surface area contributed by atoms with Crippen LogP contribution < -0.4 is 5.32 Å². The molecule has 6 heteroatoms. The fraction of sp³-hybridized carbons (Fsp3) is 0.250. The van der Waals surface area contributed by atoms with E-state index in [-0.39, 0.29) is 11.9 Å². The fourth-order valence-electron chi connectivity index (χ4n) is 2.41. The second-order valence-corrected chi connectivity index (χ2v) is 7.96. The highest BCUT2D eigenvalue weighted by Gasteiger charge is 2.13. The second kappa shape index (κ2) is 8.19. The number of nitrogens with zero attached hydrogens (tertiary/aromatic N) is 2. The Morgan fingerprint density at radius 2 is 1.92 bits per heavy atom. The SMILES string of the molecule is Cc1ccc(Cc2nnc(NC(=O)c3cccc(SC(C)C)c3)o2)cc1. The van der Waals surface area contributed by atoms with Crippen LogP contribution in [0, 0.1) is 6.92 Å². The molecule has 0 fully saturated rings. The van der Waals surface area contributed by atoms with Crippen LogP contribution in [0.25, 0.3) is 0 Å². The number of thioether (sulfide) groups is 1. The number of amides is 1. The standard InChI is InChI=1S/C20H21N3O2S/c1-13(2)26-17-6-4-5-16(12-17)19(24)21-20-23-22-18(25-20)11-15-9-7-14(3)8-10-15/h4-10,12-13H,11H2,1-3H3,(H,21,23,24). The number of aryl methyl sites for hydroxylation is 1. The Balaban J connectivity index is 1.65. The third kappa shape index (κ3) is 4.95. The summed E-state index contributed by atoms with van der Waals surface area (Å²) in [5, 5.41) is 11.0. The average molecular weight is 367 g/mol. The van der Waals surface area contributed by atoms with Gasteiger partial charge in [-0.25, -0.2) is 0 Å². The Morgan fingerprint density at radius 3 is 2.65 bits per heavy atom. The van der Waals surface area contributed by atoms with E-state index in [1.807, 2.05) is 49.4 Å².